The maximum Gasteiger partial charge on any atom is 0.249 e. The predicted molar refractivity (Wildman–Crippen MR) is 103 cm³/mol. The van der Waals surface area contributed by atoms with Gasteiger partial charge in [-0.2, -0.15) is 0 Å². The molecule has 5 heteroatoms. The first kappa shape index (κ1) is 20.6. The standard InChI is InChI=1S/C16H17N3O2.2C2H6/c1-3-5-12-10(2)11-6-4-9-17-15(11)19(12)13-7-8-14(20)18-16(13)21;2*1-2/h3-6,9,13H,7-8H2,1-2H3,(H,18,20,21);2*1-2H3/b5-3-;;. The van der Waals surface area contributed by atoms with Crippen molar-refractivity contribution in [2.24, 2.45) is 0 Å². The highest BCUT2D eigenvalue weighted by Crippen LogP contribution is 2.31. The number of amides is 2. The van der Waals surface area contributed by atoms with E-state index in [-0.39, 0.29) is 17.9 Å². The summed E-state index contributed by atoms with van der Waals surface area (Å²) in [6, 6.07) is 3.51. The number of aryl methyl sites for hydroxylation is 1. The molecule has 1 atom stereocenters. The number of nitrogens with zero attached hydrogens (tertiary/aromatic N) is 2. The summed E-state index contributed by atoms with van der Waals surface area (Å²) in [5, 5.41) is 3.46. The molecule has 2 aromatic rings. The summed E-state index contributed by atoms with van der Waals surface area (Å²) in [4.78, 5) is 28.0. The van der Waals surface area contributed by atoms with Gasteiger partial charge in [0.25, 0.3) is 0 Å². The first-order valence-corrected chi connectivity index (χ1v) is 9.05. The van der Waals surface area contributed by atoms with Crippen molar-refractivity contribution in [1.82, 2.24) is 14.9 Å². The number of rotatable bonds is 2. The van der Waals surface area contributed by atoms with E-state index in [1.165, 1.54) is 0 Å². The van der Waals surface area contributed by atoms with Gasteiger partial charge in [-0.15, -0.1) is 0 Å². The fraction of sp³-hybridized carbons (Fsp3) is 0.450. The topological polar surface area (TPSA) is 64.0 Å². The Labute approximate surface area is 150 Å². The number of fused-ring (bicyclic) bond motifs is 1. The van der Waals surface area contributed by atoms with E-state index in [0.717, 1.165) is 22.3 Å². The van der Waals surface area contributed by atoms with Crippen molar-refractivity contribution in [3.63, 3.8) is 0 Å². The summed E-state index contributed by atoms with van der Waals surface area (Å²) in [5.74, 6) is -0.454. The maximum absolute atomic E-state index is 12.2. The second-order valence-corrected chi connectivity index (χ2v) is 5.22. The summed E-state index contributed by atoms with van der Waals surface area (Å²) in [6.07, 6.45) is 6.53. The van der Waals surface area contributed by atoms with Crippen LogP contribution in [0.2, 0.25) is 0 Å². The molecular formula is C20H29N3O2. The molecule has 1 aliphatic heterocycles. The summed E-state index contributed by atoms with van der Waals surface area (Å²) < 4.78 is 1.95. The first-order chi connectivity index (χ1) is 12.1. The Kier molecular flexibility index (Phi) is 8.05. The number of hydrogen-bond acceptors (Lipinski definition) is 3. The van der Waals surface area contributed by atoms with Gasteiger partial charge in [0, 0.05) is 23.7 Å². The molecule has 0 spiro atoms. The second kappa shape index (κ2) is 9.77. The molecule has 3 rings (SSSR count). The van der Waals surface area contributed by atoms with E-state index in [1.54, 1.807) is 6.20 Å². The number of carbonyl (C=O) groups excluding carboxylic acids is 2. The molecule has 25 heavy (non-hydrogen) atoms. The SMILES string of the molecule is C/C=C\c1c(C)c2cccnc2n1C1CCC(=O)NC1=O.CC.CC. The zero-order valence-corrected chi connectivity index (χ0v) is 16.1. The Balaban J connectivity index is 0.000000730. The summed E-state index contributed by atoms with van der Waals surface area (Å²) in [7, 11) is 0. The van der Waals surface area contributed by atoms with Crippen molar-refractivity contribution in [1.29, 1.82) is 0 Å². The lowest BCUT2D eigenvalue weighted by atomic mass is 10.1. The van der Waals surface area contributed by atoms with Crippen LogP contribution in [0, 0.1) is 6.92 Å². The van der Waals surface area contributed by atoms with Gasteiger partial charge in [0.2, 0.25) is 11.8 Å². The lowest BCUT2D eigenvalue weighted by molar-refractivity contribution is -0.135. The van der Waals surface area contributed by atoms with Crippen LogP contribution < -0.4 is 5.32 Å². The van der Waals surface area contributed by atoms with Crippen LogP contribution in [0.5, 0.6) is 0 Å². The van der Waals surface area contributed by atoms with Crippen molar-refractivity contribution in [2.45, 2.75) is 60.4 Å². The van der Waals surface area contributed by atoms with Crippen LogP contribution in [0.1, 0.15) is 64.8 Å². The van der Waals surface area contributed by atoms with E-state index < -0.39 is 0 Å². The van der Waals surface area contributed by atoms with Crippen molar-refractivity contribution < 1.29 is 9.59 Å². The number of aromatic nitrogens is 2. The fourth-order valence-corrected chi connectivity index (χ4v) is 2.92. The number of nitrogens with one attached hydrogen (secondary N) is 1. The van der Waals surface area contributed by atoms with Crippen LogP contribution in [0.15, 0.2) is 24.4 Å². The third-order valence-electron chi connectivity index (χ3n) is 3.91. The zero-order valence-electron chi connectivity index (χ0n) is 16.1. The third-order valence-corrected chi connectivity index (χ3v) is 3.91. The molecule has 1 N–H and O–H groups in total. The normalized spacial score (nSPS) is 16.8. The minimum atomic E-state index is -0.389. The molecule has 2 amide bonds. The third kappa shape index (κ3) is 4.16. The van der Waals surface area contributed by atoms with E-state index >= 15 is 0 Å². The van der Waals surface area contributed by atoms with Crippen molar-refractivity contribution in [3.8, 4) is 0 Å². The van der Waals surface area contributed by atoms with Crippen LogP contribution in [0.25, 0.3) is 17.1 Å². The van der Waals surface area contributed by atoms with E-state index in [1.807, 2.05) is 70.4 Å². The van der Waals surface area contributed by atoms with E-state index in [2.05, 4.69) is 10.3 Å². The van der Waals surface area contributed by atoms with Crippen LogP contribution >= 0.6 is 0 Å². The molecule has 2 aromatic heterocycles. The highest BCUT2D eigenvalue weighted by Gasteiger charge is 2.31. The lowest BCUT2D eigenvalue weighted by Crippen LogP contribution is -2.42. The van der Waals surface area contributed by atoms with Gasteiger partial charge in [-0.25, -0.2) is 4.98 Å². The quantitative estimate of drug-likeness (QED) is 0.822. The van der Waals surface area contributed by atoms with Crippen LogP contribution in [0.4, 0.5) is 0 Å². The summed E-state index contributed by atoms with van der Waals surface area (Å²) >= 11 is 0. The minimum absolute atomic E-state index is 0.204. The molecule has 3 heterocycles. The summed E-state index contributed by atoms with van der Waals surface area (Å²) in [5.41, 5.74) is 2.86. The number of piperidine rings is 1. The average Bonchev–Trinajstić information content (AvgIpc) is 2.92. The Morgan fingerprint density at radius 2 is 1.92 bits per heavy atom. The van der Waals surface area contributed by atoms with E-state index in [4.69, 9.17) is 0 Å². The molecule has 1 saturated heterocycles. The van der Waals surface area contributed by atoms with Crippen LogP contribution in [-0.2, 0) is 9.59 Å². The Bertz CT molecular complexity index is 760. The smallest absolute Gasteiger partial charge is 0.249 e. The van der Waals surface area contributed by atoms with Gasteiger partial charge in [0.1, 0.15) is 11.7 Å². The second-order valence-electron chi connectivity index (χ2n) is 5.22. The molecule has 1 aliphatic rings. The fourth-order valence-electron chi connectivity index (χ4n) is 2.92. The Hall–Kier alpha value is -2.43. The Morgan fingerprint density at radius 3 is 2.52 bits per heavy atom. The Morgan fingerprint density at radius 1 is 1.24 bits per heavy atom. The average molecular weight is 343 g/mol. The van der Waals surface area contributed by atoms with Crippen molar-refractivity contribution >= 4 is 28.9 Å². The minimum Gasteiger partial charge on any atom is -0.313 e. The molecule has 136 valence electrons. The maximum atomic E-state index is 12.2. The summed E-state index contributed by atoms with van der Waals surface area (Å²) in [6.45, 7) is 12.0. The molecular weight excluding hydrogens is 314 g/mol. The van der Waals surface area contributed by atoms with Gasteiger partial charge in [-0.3, -0.25) is 14.9 Å². The molecule has 0 radical (unpaired) electrons. The molecule has 5 nitrogen and oxygen atoms in total. The highest BCUT2D eigenvalue weighted by atomic mass is 16.2. The monoisotopic (exact) mass is 343 g/mol. The molecule has 0 aliphatic carbocycles. The molecule has 0 aromatic carbocycles. The van der Waals surface area contributed by atoms with Crippen molar-refractivity contribution in [3.05, 3.63) is 35.7 Å². The molecule has 0 saturated carbocycles. The number of hydrogen-bond donors (Lipinski definition) is 1. The van der Waals surface area contributed by atoms with Gasteiger partial charge >= 0.3 is 0 Å². The van der Waals surface area contributed by atoms with E-state index in [9.17, 15) is 9.59 Å². The predicted octanol–water partition coefficient (Wildman–Crippen LogP) is 4.41. The van der Waals surface area contributed by atoms with Gasteiger partial charge in [-0.1, -0.05) is 33.8 Å². The lowest BCUT2D eigenvalue weighted by Gasteiger charge is -2.24. The van der Waals surface area contributed by atoms with Crippen LogP contribution in [0.3, 0.4) is 0 Å². The molecule has 1 unspecified atom stereocenters. The molecule has 1 fully saturated rings. The molecule has 0 bridgehead atoms. The zero-order chi connectivity index (χ0) is 19.0. The van der Waals surface area contributed by atoms with Gasteiger partial charge in [0.15, 0.2) is 0 Å². The largest absolute Gasteiger partial charge is 0.313 e. The van der Waals surface area contributed by atoms with Gasteiger partial charge < -0.3 is 4.57 Å². The van der Waals surface area contributed by atoms with E-state index in [0.29, 0.717) is 12.8 Å². The first-order valence-electron chi connectivity index (χ1n) is 9.05. The van der Waals surface area contributed by atoms with Crippen molar-refractivity contribution in [2.75, 3.05) is 0 Å². The number of carbonyl (C=O) groups is 2. The van der Waals surface area contributed by atoms with Gasteiger partial charge in [0.05, 0.1) is 0 Å². The van der Waals surface area contributed by atoms with Crippen LogP contribution in [-0.4, -0.2) is 21.4 Å². The highest BCUT2D eigenvalue weighted by molar-refractivity contribution is 6.00. The van der Waals surface area contributed by atoms with Gasteiger partial charge in [-0.05, 0) is 44.0 Å². The number of imide groups is 1. The number of allylic oxidation sites excluding steroid dienone is 1. The number of pyridine rings is 1.